The predicted octanol–water partition coefficient (Wildman–Crippen LogP) is 5.84. The number of aromatic nitrogens is 1. The number of pyridine rings is 1. The summed E-state index contributed by atoms with van der Waals surface area (Å²) in [5, 5.41) is 2.65. The minimum absolute atomic E-state index is 0.0141. The van der Waals surface area contributed by atoms with E-state index in [1.54, 1.807) is 30.3 Å². The standard InChI is InChI=1S/C27H23F3N2O4/c1-16-2-4-19(32-25(34)18-6-9-31-24(13-18)27(28,29)30)14-20(16)17-3-5-23-21(12-17)22(33)15-26(36-23)7-10-35-11-8-26/h2-6,9,12-14H,7-8,10-11,15H2,1H3,(H,32,34). The topological polar surface area (TPSA) is 77.5 Å². The van der Waals surface area contributed by atoms with Gasteiger partial charge in [0.2, 0.25) is 0 Å². The maximum atomic E-state index is 13.0. The van der Waals surface area contributed by atoms with Gasteiger partial charge in [0.25, 0.3) is 5.91 Å². The molecule has 0 atom stereocenters. The number of aryl methyl sites for hydroxylation is 1. The average molecular weight is 496 g/mol. The third-order valence-electron chi connectivity index (χ3n) is 6.61. The fraction of sp³-hybridized carbons (Fsp3) is 0.296. The van der Waals surface area contributed by atoms with E-state index in [1.165, 1.54) is 6.07 Å². The van der Waals surface area contributed by atoms with Crippen molar-refractivity contribution >= 4 is 17.4 Å². The summed E-state index contributed by atoms with van der Waals surface area (Å²) in [6, 6.07) is 12.6. The van der Waals surface area contributed by atoms with Crippen LogP contribution in [0.1, 0.15) is 51.2 Å². The number of anilines is 1. The third-order valence-corrected chi connectivity index (χ3v) is 6.61. The summed E-state index contributed by atoms with van der Waals surface area (Å²) in [6.45, 7) is 3.03. The fourth-order valence-electron chi connectivity index (χ4n) is 4.62. The van der Waals surface area contributed by atoms with E-state index in [0.717, 1.165) is 22.9 Å². The molecule has 0 radical (unpaired) electrons. The van der Waals surface area contributed by atoms with Gasteiger partial charge in [0.15, 0.2) is 5.78 Å². The molecule has 186 valence electrons. The lowest BCUT2D eigenvalue weighted by molar-refractivity contribution is -0.141. The van der Waals surface area contributed by atoms with Crippen molar-refractivity contribution in [2.45, 2.75) is 38.0 Å². The molecular formula is C27H23F3N2O4. The maximum Gasteiger partial charge on any atom is 0.433 e. The molecule has 6 nitrogen and oxygen atoms in total. The molecule has 2 aliphatic heterocycles. The average Bonchev–Trinajstić information content (AvgIpc) is 2.85. The fourth-order valence-corrected chi connectivity index (χ4v) is 4.62. The lowest BCUT2D eigenvalue weighted by Crippen LogP contribution is -2.46. The largest absolute Gasteiger partial charge is 0.486 e. The minimum atomic E-state index is -4.65. The van der Waals surface area contributed by atoms with Crippen LogP contribution in [-0.2, 0) is 10.9 Å². The lowest BCUT2D eigenvalue weighted by Gasteiger charge is -2.40. The van der Waals surface area contributed by atoms with Gasteiger partial charge in [-0.2, -0.15) is 13.2 Å². The first-order valence-corrected chi connectivity index (χ1v) is 11.5. The number of Topliss-reactive ketones (excluding diaryl/α,β-unsaturated/α-hetero) is 1. The van der Waals surface area contributed by atoms with Gasteiger partial charge in [-0.15, -0.1) is 0 Å². The molecule has 2 aromatic carbocycles. The van der Waals surface area contributed by atoms with Crippen LogP contribution in [0.25, 0.3) is 11.1 Å². The Balaban J connectivity index is 1.40. The summed E-state index contributed by atoms with van der Waals surface area (Å²) in [6.07, 6.45) is -2.06. The van der Waals surface area contributed by atoms with Gasteiger partial charge >= 0.3 is 6.18 Å². The van der Waals surface area contributed by atoms with Crippen molar-refractivity contribution in [2.24, 2.45) is 0 Å². The van der Waals surface area contributed by atoms with Crippen LogP contribution in [0.4, 0.5) is 18.9 Å². The number of halogens is 3. The molecule has 5 rings (SSSR count). The van der Waals surface area contributed by atoms with Gasteiger partial charge in [0.05, 0.1) is 25.2 Å². The highest BCUT2D eigenvalue weighted by atomic mass is 19.4. The Morgan fingerprint density at radius 2 is 1.81 bits per heavy atom. The number of hydrogen-bond acceptors (Lipinski definition) is 5. The van der Waals surface area contributed by atoms with Gasteiger partial charge in [0.1, 0.15) is 17.0 Å². The van der Waals surface area contributed by atoms with Gasteiger partial charge in [-0.05, 0) is 60.0 Å². The molecule has 1 spiro atoms. The quantitative estimate of drug-likeness (QED) is 0.493. The zero-order valence-electron chi connectivity index (χ0n) is 19.4. The van der Waals surface area contributed by atoms with Gasteiger partial charge in [-0.3, -0.25) is 14.6 Å². The van der Waals surface area contributed by atoms with Crippen LogP contribution in [0.3, 0.4) is 0 Å². The van der Waals surface area contributed by atoms with Crippen LogP contribution in [0.5, 0.6) is 5.75 Å². The van der Waals surface area contributed by atoms with E-state index >= 15 is 0 Å². The molecule has 36 heavy (non-hydrogen) atoms. The number of nitrogens with zero attached hydrogens (tertiary/aromatic N) is 1. The van der Waals surface area contributed by atoms with E-state index in [0.29, 0.717) is 55.5 Å². The number of rotatable bonds is 3. The molecule has 3 heterocycles. The van der Waals surface area contributed by atoms with Crippen molar-refractivity contribution in [3.8, 4) is 16.9 Å². The number of fused-ring (bicyclic) bond motifs is 1. The van der Waals surface area contributed by atoms with Crippen molar-refractivity contribution in [1.82, 2.24) is 4.98 Å². The lowest BCUT2D eigenvalue weighted by atomic mass is 9.83. The molecule has 0 saturated carbocycles. The zero-order chi connectivity index (χ0) is 25.5. The van der Waals surface area contributed by atoms with Crippen molar-refractivity contribution in [2.75, 3.05) is 18.5 Å². The third kappa shape index (κ3) is 4.70. The van der Waals surface area contributed by atoms with Crippen LogP contribution < -0.4 is 10.1 Å². The molecule has 1 amide bonds. The number of carbonyl (C=O) groups excluding carboxylic acids is 2. The molecule has 9 heteroatoms. The van der Waals surface area contributed by atoms with Crippen LogP contribution >= 0.6 is 0 Å². The molecule has 0 unspecified atom stereocenters. The monoisotopic (exact) mass is 496 g/mol. The number of amides is 1. The normalized spacial score (nSPS) is 16.8. The molecule has 2 aliphatic rings. The Morgan fingerprint density at radius 1 is 1.03 bits per heavy atom. The Morgan fingerprint density at radius 3 is 2.56 bits per heavy atom. The summed E-state index contributed by atoms with van der Waals surface area (Å²) in [4.78, 5) is 28.9. The van der Waals surface area contributed by atoms with E-state index < -0.39 is 23.4 Å². The van der Waals surface area contributed by atoms with Crippen molar-refractivity contribution in [1.29, 1.82) is 0 Å². The molecule has 1 aromatic heterocycles. The molecule has 1 N–H and O–H groups in total. The second-order valence-corrected chi connectivity index (χ2v) is 9.12. The number of ether oxygens (including phenoxy) is 2. The molecule has 1 fully saturated rings. The van der Waals surface area contributed by atoms with Crippen LogP contribution in [0.2, 0.25) is 0 Å². The number of ketones is 1. The Kier molecular flexibility index (Phi) is 6.04. The first kappa shape index (κ1) is 24.0. The molecular weight excluding hydrogens is 473 g/mol. The van der Waals surface area contributed by atoms with E-state index in [4.69, 9.17) is 9.47 Å². The number of hydrogen-bond donors (Lipinski definition) is 1. The first-order valence-electron chi connectivity index (χ1n) is 11.5. The summed E-state index contributed by atoms with van der Waals surface area (Å²) in [5.74, 6) is -0.120. The summed E-state index contributed by atoms with van der Waals surface area (Å²) >= 11 is 0. The van der Waals surface area contributed by atoms with Gasteiger partial charge in [-0.1, -0.05) is 12.1 Å². The first-order chi connectivity index (χ1) is 17.1. The number of carbonyl (C=O) groups is 2. The smallest absolute Gasteiger partial charge is 0.433 e. The zero-order valence-corrected chi connectivity index (χ0v) is 19.4. The SMILES string of the molecule is Cc1ccc(NC(=O)c2ccnc(C(F)(F)F)c2)cc1-c1ccc2c(c1)C(=O)CC1(CCOCC1)O2. The summed E-state index contributed by atoms with van der Waals surface area (Å²) in [7, 11) is 0. The van der Waals surface area contributed by atoms with Gasteiger partial charge in [0, 0.05) is 30.3 Å². The number of benzene rings is 2. The minimum Gasteiger partial charge on any atom is -0.486 e. The second kappa shape index (κ2) is 9.05. The van der Waals surface area contributed by atoms with E-state index in [1.807, 2.05) is 13.0 Å². The Labute approximate surface area is 205 Å². The van der Waals surface area contributed by atoms with Crippen molar-refractivity contribution in [3.63, 3.8) is 0 Å². The van der Waals surface area contributed by atoms with Gasteiger partial charge < -0.3 is 14.8 Å². The Bertz CT molecular complexity index is 1350. The molecule has 0 bridgehead atoms. The summed E-state index contributed by atoms with van der Waals surface area (Å²) in [5.41, 5.74) is 1.57. The molecule has 3 aromatic rings. The van der Waals surface area contributed by atoms with Crippen LogP contribution in [-0.4, -0.2) is 35.5 Å². The molecule has 1 saturated heterocycles. The van der Waals surface area contributed by atoms with Crippen LogP contribution in [0, 0.1) is 6.92 Å². The van der Waals surface area contributed by atoms with Crippen LogP contribution in [0.15, 0.2) is 54.7 Å². The second-order valence-electron chi connectivity index (χ2n) is 9.12. The molecule has 0 aliphatic carbocycles. The summed E-state index contributed by atoms with van der Waals surface area (Å²) < 4.78 is 50.6. The van der Waals surface area contributed by atoms with Crippen molar-refractivity contribution in [3.05, 3.63) is 77.1 Å². The Hall–Kier alpha value is -3.72. The van der Waals surface area contributed by atoms with Crippen molar-refractivity contribution < 1.29 is 32.2 Å². The highest BCUT2D eigenvalue weighted by molar-refractivity contribution is 6.05. The van der Waals surface area contributed by atoms with Gasteiger partial charge in [-0.25, -0.2) is 0 Å². The predicted molar refractivity (Wildman–Crippen MR) is 126 cm³/mol. The highest BCUT2D eigenvalue weighted by Crippen LogP contribution is 2.41. The van der Waals surface area contributed by atoms with E-state index in [2.05, 4.69) is 10.3 Å². The number of nitrogens with one attached hydrogen (secondary N) is 1. The maximum absolute atomic E-state index is 13.0. The number of alkyl halides is 3. The van der Waals surface area contributed by atoms with E-state index in [-0.39, 0.29) is 11.3 Å². The highest BCUT2D eigenvalue weighted by Gasteiger charge is 2.42. The van der Waals surface area contributed by atoms with E-state index in [9.17, 15) is 22.8 Å².